The summed E-state index contributed by atoms with van der Waals surface area (Å²) in [4.78, 5) is 12.3. The van der Waals surface area contributed by atoms with Crippen LogP contribution in [-0.4, -0.2) is 30.0 Å². The van der Waals surface area contributed by atoms with Gasteiger partial charge in [0.15, 0.2) is 0 Å². The van der Waals surface area contributed by atoms with Gasteiger partial charge in [0.2, 0.25) is 5.91 Å². The Morgan fingerprint density at radius 2 is 1.94 bits per heavy atom. The Kier molecular flexibility index (Phi) is 3.20. The first kappa shape index (κ1) is 12.0. The number of carbonyl (C=O) groups excluding carboxylic acids is 1. The van der Waals surface area contributed by atoms with E-state index in [-0.39, 0.29) is 5.54 Å². The molecule has 2 saturated carbocycles. The van der Waals surface area contributed by atoms with Crippen molar-refractivity contribution in [3.8, 4) is 0 Å². The lowest BCUT2D eigenvalue weighted by Gasteiger charge is -2.36. The van der Waals surface area contributed by atoms with Gasteiger partial charge < -0.3 is 10.1 Å². The lowest BCUT2D eigenvalue weighted by Crippen LogP contribution is -2.54. The maximum atomic E-state index is 12.3. The molecular formula is C13H20BrNO2. The minimum atomic E-state index is -0.0494. The second-order valence-electron chi connectivity index (χ2n) is 5.80. The van der Waals surface area contributed by atoms with Crippen LogP contribution < -0.4 is 5.32 Å². The van der Waals surface area contributed by atoms with Gasteiger partial charge in [-0.05, 0) is 37.5 Å². The quantitative estimate of drug-likeness (QED) is 0.811. The predicted octanol–water partition coefficient (Wildman–Crippen LogP) is 2.09. The number of hydrogen-bond acceptors (Lipinski definition) is 2. The Hall–Kier alpha value is -0.0900. The van der Waals surface area contributed by atoms with E-state index < -0.39 is 0 Å². The molecule has 0 bridgehead atoms. The van der Waals surface area contributed by atoms with Crippen LogP contribution in [0.15, 0.2) is 0 Å². The fourth-order valence-electron chi connectivity index (χ4n) is 3.61. The molecule has 0 aromatic rings. The predicted molar refractivity (Wildman–Crippen MR) is 69.0 cm³/mol. The summed E-state index contributed by atoms with van der Waals surface area (Å²) in [6, 6.07) is 0. The largest absolute Gasteiger partial charge is 0.381 e. The first-order valence-electron chi connectivity index (χ1n) is 6.71. The molecule has 3 rings (SSSR count). The van der Waals surface area contributed by atoms with Crippen LogP contribution >= 0.6 is 15.9 Å². The maximum Gasteiger partial charge on any atom is 0.224 e. The van der Waals surface area contributed by atoms with Gasteiger partial charge in [-0.25, -0.2) is 0 Å². The molecule has 2 aliphatic carbocycles. The van der Waals surface area contributed by atoms with E-state index in [1.807, 2.05) is 0 Å². The minimum absolute atomic E-state index is 0.0494. The van der Waals surface area contributed by atoms with Crippen LogP contribution in [0, 0.1) is 17.8 Å². The summed E-state index contributed by atoms with van der Waals surface area (Å²) in [6.07, 6.45) is 5.75. The molecule has 3 nitrogen and oxygen atoms in total. The van der Waals surface area contributed by atoms with E-state index >= 15 is 0 Å². The van der Waals surface area contributed by atoms with Crippen LogP contribution in [-0.2, 0) is 9.53 Å². The molecule has 2 atom stereocenters. The lowest BCUT2D eigenvalue weighted by atomic mass is 9.92. The monoisotopic (exact) mass is 301 g/mol. The van der Waals surface area contributed by atoms with Crippen LogP contribution in [0.2, 0.25) is 0 Å². The minimum Gasteiger partial charge on any atom is -0.381 e. The Morgan fingerprint density at radius 1 is 1.29 bits per heavy atom. The number of nitrogens with one attached hydrogen (secondary N) is 1. The Morgan fingerprint density at radius 3 is 2.53 bits per heavy atom. The number of rotatable bonds is 3. The highest BCUT2D eigenvalue weighted by molar-refractivity contribution is 9.09. The zero-order chi connectivity index (χ0) is 11.9. The summed E-state index contributed by atoms with van der Waals surface area (Å²) in [5, 5.41) is 4.15. The molecule has 0 spiro atoms. The molecule has 1 N–H and O–H groups in total. The van der Waals surface area contributed by atoms with Gasteiger partial charge in [0, 0.05) is 24.5 Å². The Bertz CT molecular complexity index is 305. The van der Waals surface area contributed by atoms with E-state index in [4.69, 9.17) is 4.74 Å². The summed E-state index contributed by atoms with van der Waals surface area (Å²) in [6.45, 7) is 1.53. The number of alkyl halides is 1. The van der Waals surface area contributed by atoms with Crippen LogP contribution in [0.25, 0.3) is 0 Å². The van der Waals surface area contributed by atoms with E-state index in [2.05, 4.69) is 21.2 Å². The zero-order valence-corrected chi connectivity index (χ0v) is 11.7. The number of halogens is 1. The average molecular weight is 302 g/mol. The van der Waals surface area contributed by atoms with Crippen molar-refractivity contribution < 1.29 is 9.53 Å². The van der Waals surface area contributed by atoms with Gasteiger partial charge in [-0.15, -0.1) is 0 Å². The second kappa shape index (κ2) is 4.54. The second-order valence-corrected chi connectivity index (χ2v) is 6.36. The smallest absolute Gasteiger partial charge is 0.224 e. The molecule has 17 heavy (non-hydrogen) atoms. The SMILES string of the molecule is O=C(NC1(CBr)CCOCC1)C1C2CCCC21. The number of carbonyl (C=O) groups is 1. The van der Waals surface area contributed by atoms with Gasteiger partial charge in [0.1, 0.15) is 0 Å². The molecular weight excluding hydrogens is 282 g/mol. The zero-order valence-electron chi connectivity index (χ0n) is 10.1. The summed E-state index contributed by atoms with van der Waals surface area (Å²) in [5.41, 5.74) is -0.0494. The van der Waals surface area contributed by atoms with E-state index in [0.29, 0.717) is 23.7 Å². The van der Waals surface area contributed by atoms with E-state index in [1.54, 1.807) is 0 Å². The van der Waals surface area contributed by atoms with Gasteiger partial charge in [-0.1, -0.05) is 22.4 Å². The van der Waals surface area contributed by atoms with Crippen LogP contribution in [0.3, 0.4) is 0 Å². The highest BCUT2D eigenvalue weighted by atomic mass is 79.9. The fraction of sp³-hybridized carbons (Fsp3) is 0.923. The van der Waals surface area contributed by atoms with Gasteiger partial charge in [0.05, 0.1) is 5.54 Å². The Balaban J connectivity index is 1.59. The van der Waals surface area contributed by atoms with Crippen LogP contribution in [0.5, 0.6) is 0 Å². The molecule has 96 valence electrons. The van der Waals surface area contributed by atoms with Gasteiger partial charge >= 0.3 is 0 Å². The first-order chi connectivity index (χ1) is 8.26. The molecule has 0 radical (unpaired) electrons. The third-order valence-electron chi connectivity index (χ3n) is 4.80. The van der Waals surface area contributed by atoms with Gasteiger partial charge in [0.25, 0.3) is 0 Å². The van der Waals surface area contributed by atoms with Crippen LogP contribution in [0.4, 0.5) is 0 Å². The van der Waals surface area contributed by atoms with Crippen molar-refractivity contribution >= 4 is 21.8 Å². The molecule has 1 amide bonds. The van der Waals surface area contributed by atoms with Gasteiger partial charge in [-0.2, -0.15) is 0 Å². The normalized spacial score (nSPS) is 38.5. The Labute approximate surface area is 111 Å². The van der Waals surface area contributed by atoms with Crippen molar-refractivity contribution in [2.24, 2.45) is 17.8 Å². The summed E-state index contributed by atoms with van der Waals surface area (Å²) < 4.78 is 5.39. The molecule has 3 aliphatic rings. The third kappa shape index (κ3) is 2.14. The molecule has 1 heterocycles. The average Bonchev–Trinajstić information content (AvgIpc) is 2.85. The molecule has 1 aliphatic heterocycles. The number of ether oxygens (including phenoxy) is 1. The van der Waals surface area contributed by atoms with Crippen molar-refractivity contribution in [2.75, 3.05) is 18.5 Å². The van der Waals surface area contributed by atoms with Crippen molar-refractivity contribution in [3.05, 3.63) is 0 Å². The molecule has 3 fully saturated rings. The topological polar surface area (TPSA) is 38.3 Å². The van der Waals surface area contributed by atoms with Crippen molar-refractivity contribution in [1.82, 2.24) is 5.32 Å². The highest BCUT2D eigenvalue weighted by Crippen LogP contribution is 2.57. The molecule has 1 saturated heterocycles. The molecule has 0 aromatic carbocycles. The first-order valence-corrected chi connectivity index (χ1v) is 7.84. The number of amides is 1. The lowest BCUT2D eigenvalue weighted by molar-refractivity contribution is -0.125. The van der Waals surface area contributed by atoms with Crippen LogP contribution in [0.1, 0.15) is 32.1 Å². The third-order valence-corrected chi connectivity index (χ3v) is 5.88. The summed E-state index contributed by atoms with van der Waals surface area (Å²) in [5.74, 6) is 2.06. The molecule has 4 heteroatoms. The van der Waals surface area contributed by atoms with Crippen molar-refractivity contribution in [3.63, 3.8) is 0 Å². The number of fused-ring (bicyclic) bond motifs is 1. The van der Waals surface area contributed by atoms with Crippen molar-refractivity contribution in [1.29, 1.82) is 0 Å². The molecule has 0 aromatic heterocycles. The highest BCUT2D eigenvalue weighted by Gasteiger charge is 2.57. The van der Waals surface area contributed by atoms with Gasteiger partial charge in [-0.3, -0.25) is 4.79 Å². The standard InChI is InChI=1S/C13H20BrNO2/c14-8-13(4-6-17-7-5-13)15-12(16)11-9-2-1-3-10(9)11/h9-11H,1-8H2,(H,15,16). The fourth-order valence-corrected chi connectivity index (χ4v) is 4.31. The summed E-state index contributed by atoms with van der Waals surface area (Å²) >= 11 is 3.56. The molecule has 2 unspecified atom stereocenters. The van der Waals surface area contributed by atoms with E-state index in [1.165, 1.54) is 19.3 Å². The maximum absolute atomic E-state index is 12.3. The van der Waals surface area contributed by atoms with Crippen molar-refractivity contribution in [2.45, 2.75) is 37.6 Å². The summed E-state index contributed by atoms with van der Waals surface area (Å²) in [7, 11) is 0. The van der Waals surface area contributed by atoms with E-state index in [9.17, 15) is 4.79 Å². The van der Waals surface area contributed by atoms with E-state index in [0.717, 1.165) is 31.4 Å². The number of hydrogen-bond donors (Lipinski definition) is 1.